The summed E-state index contributed by atoms with van der Waals surface area (Å²) in [7, 11) is 0. The van der Waals surface area contributed by atoms with Crippen LogP contribution < -0.4 is 16.4 Å². The average molecular weight is 456 g/mol. The molecule has 4 N–H and O–H groups in total. The number of aromatic nitrogens is 1. The molecule has 0 spiro atoms. The van der Waals surface area contributed by atoms with Crippen molar-refractivity contribution in [1.29, 1.82) is 0 Å². The van der Waals surface area contributed by atoms with Crippen molar-refractivity contribution in [2.24, 2.45) is 5.73 Å². The Bertz CT molecular complexity index is 1220. The summed E-state index contributed by atoms with van der Waals surface area (Å²) in [5, 5.41) is 7.04. The number of urea groups is 1. The molecule has 0 radical (unpaired) electrons. The predicted octanol–water partition coefficient (Wildman–Crippen LogP) is 5.26. The topological polar surface area (TPSA) is 80.0 Å². The predicted molar refractivity (Wildman–Crippen MR) is 118 cm³/mol. The van der Waals surface area contributed by atoms with Crippen molar-refractivity contribution in [1.82, 2.24) is 10.3 Å². The lowest BCUT2D eigenvalue weighted by Crippen LogP contribution is -2.28. The fourth-order valence-corrected chi connectivity index (χ4v) is 3.02. The van der Waals surface area contributed by atoms with Crippen molar-refractivity contribution in [3.05, 3.63) is 107 Å². The summed E-state index contributed by atoms with van der Waals surface area (Å²) in [4.78, 5) is 16.0. The Kier molecular flexibility index (Phi) is 7.93. The zero-order chi connectivity index (χ0) is 23.8. The number of anilines is 1. The van der Waals surface area contributed by atoms with Gasteiger partial charge in [-0.3, -0.25) is 4.98 Å². The van der Waals surface area contributed by atoms with Crippen molar-refractivity contribution in [3.8, 4) is 0 Å². The Morgan fingerprint density at radius 3 is 2.06 bits per heavy atom. The Labute approximate surface area is 187 Å². The van der Waals surface area contributed by atoms with Gasteiger partial charge < -0.3 is 16.4 Å². The Hall–Kier alpha value is -3.98. The van der Waals surface area contributed by atoms with Crippen molar-refractivity contribution in [3.63, 3.8) is 0 Å². The first kappa shape index (κ1) is 23.7. The standard InChI is InChI=1S/C17H13F2N3O.C7H7F2N/c18-13-6-11(7-14(19)8-13)9-21-17(23)22-16-3-1-2-12-10-20-5-4-15(12)16;8-6-1-5(4-10)2-7(9)3-6/h1-8,10H,9H2,(H2,21,22,23);1-3H,4,10H2. The molecule has 4 aromatic rings. The van der Waals surface area contributed by atoms with Gasteiger partial charge in [0, 0.05) is 48.4 Å². The maximum Gasteiger partial charge on any atom is 0.319 e. The quantitative estimate of drug-likeness (QED) is 0.367. The molecule has 1 heterocycles. The number of rotatable bonds is 4. The van der Waals surface area contributed by atoms with E-state index in [-0.39, 0.29) is 13.1 Å². The van der Waals surface area contributed by atoms with Crippen LogP contribution in [-0.4, -0.2) is 11.0 Å². The van der Waals surface area contributed by atoms with Crippen LogP contribution in [0, 0.1) is 23.3 Å². The molecule has 0 fully saturated rings. The molecule has 5 nitrogen and oxygen atoms in total. The molecule has 0 unspecified atom stereocenters. The molecule has 0 atom stereocenters. The molecular formula is C24H20F4N4O. The first-order valence-corrected chi connectivity index (χ1v) is 9.81. The zero-order valence-corrected chi connectivity index (χ0v) is 17.3. The van der Waals surface area contributed by atoms with Crippen LogP contribution in [-0.2, 0) is 13.1 Å². The van der Waals surface area contributed by atoms with E-state index in [9.17, 15) is 22.4 Å². The van der Waals surface area contributed by atoms with E-state index in [1.807, 2.05) is 12.1 Å². The Balaban J connectivity index is 0.000000257. The van der Waals surface area contributed by atoms with E-state index < -0.39 is 29.3 Å². The van der Waals surface area contributed by atoms with Crippen LogP contribution in [0.3, 0.4) is 0 Å². The first-order chi connectivity index (χ1) is 15.8. The minimum absolute atomic E-state index is 0.0207. The van der Waals surface area contributed by atoms with Crippen LogP contribution in [0.2, 0.25) is 0 Å². The summed E-state index contributed by atoms with van der Waals surface area (Å²) < 4.78 is 50.8. The maximum absolute atomic E-state index is 13.1. The van der Waals surface area contributed by atoms with Crippen molar-refractivity contribution < 1.29 is 22.4 Å². The Morgan fingerprint density at radius 2 is 1.45 bits per heavy atom. The molecule has 0 bridgehead atoms. The number of benzene rings is 3. The van der Waals surface area contributed by atoms with Gasteiger partial charge in [0.15, 0.2) is 0 Å². The molecule has 0 aliphatic rings. The summed E-state index contributed by atoms with van der Waals surface area (Å²) in [5.41, 5.74) is 6.60. The number of nitrogens with one attached hydrogen (secondary N) is 2. The summed E-state index contributed by atoms with van der Waals surface area (Å²) in [6.07, 6.45) is 3.34. The summed E-state index contributed by atoms with van der Waals surface area (Å²) in [5.74, 6) is -2.52. The van der Waals surface area contributed by atoms with Crippen LogP contribution in [0.1, 0.15) is 11.1 Å². The van der Waals surface area contributed by atoms with Crippen molar-refractivity contribution in [2.75, 3.05) is 5.32 Å². The second-order valence-electron chi connectivity index (χ2n) is 6.97. The highest BCUT2D eigenvalue weighted by atomic mass is 19.1. The smallest absolute Gasteiger partial charge is 0.319 e. The SMILES string of the molecule is NCc1cc(F)cc(F)c1.O=C(NCc1cc(F)cc(F)c1)Nc1cccc2cnccc12. The lowest BCUT2D eigenvalue weighted by atomic mass is 10.1. The molecule has 2 amide bonds. The van der Waals surface area contributed by atoms with Gasteiger partial charge in [-0.1, -0.05) is 12.1 Å². The fraction of sp³-hybridized carbons (Fsp3) is 0.0833. The normalized spacial score (nSPS) is 10.3. The minimum atomic E-state index is -0.677. The van der Waals surface area contributed by atoms with E-state index in [4.69, 9.17) is 5.73 Å². The van der Waals surface area contributed by atoms with Gasteiger partial charge in [-0.15, -0.1) is 0 Å². The van der Waals surface area contributed by atoms with Gasteiger partial charge in [-0.2, -0.15) is 0 Å². The van der Waals surface area contributed by atoms with Crippen molar-refractivity contribution in [2.45, 2.75) is 13.1 Å². The highest BCUT2D eigenvalue weighted by molar-refractivity contribution is 6.01. The summed E-state index contributed by atoms with van der Waals surface area (Å²) in [6.45, 7) is 0.182. The molecular weight excluding hydrogens is 436 g/mol. The zero-order valence-electron chi connectivity index (χ0n) is 17.3. The fourth-order valence-electron chi connectivity index (χ4n) is 3.02. The highest BCUT2D eigenvalue weighted by Gasteiger charge is 2.07. The van der Waals surface area contributed by atoms with E-state index in [1.165, 1.54) is 24.3 Å². The molecule has 0 saturated heterocycles. The highest BCUT2D eigenvalue weighted by Crippen LogP contribution is 2.22. The second-order valence-corrected chi connectivity index (χ2v) is 6.97. The maximum atomic E-state index is 13.1. The molecule has 1 aromatic heterocycles. The van der Waals surface area contributed by atoms with Gasteiger partial charge in [-0.25, -0.2) is 22.4 Å². The number of fused-ring (bicyclic) bond motifs is 1. The lowest BCUT2D eigenvalue weighted by Gasteiger charge is -2.10. The van der Waals surface area contributed by atoms with E-state index >= 15 is 0 Å². The summed E-state index contributed by atoms with van der Waals surface area (Å²) in [6, 6.07) is 13.2. The monoisotopic (exact) mass is 456 g/mol. The third-order valence-electron chi connectivity index (χ3n) is 4.46. The molecule has 170 valence electrons. The van der Waals surface area contributed by atoms with E-state index in [0.29, 0.717) is 16.8 Å². The average Bonchev–Trinajstić information content (AvgIpc) is 2.77. The number of pyridine rings is 1. The Morgan fingerprint density at radius 1 is 0.848 bits per heavy atom. The second kappa shape index (κ2) is 11.1. The van der Waals surface area contributed by atoms with Crippen molar-refractivity contribution >= 4 is 22.5 Å². The number of nitrogens with zero attached hydrogens (tertiary/aromatic N) is 1. The number of hydrogen-bond acceptors (Lipinski definition) is 3. The molecule has 3 aromatic carbocycles. The van der Waals surface area contributed by atoms with Crippen LogP contribution in [0.5, 0.6) is 0 Å². The third kappa shape index (κ3) is 7.01. The van der Waals surface area contributed by atoms with Crippen LogP contribution in [0.25, 0.3) is 10.8 Å². The number of hydrogen-bond donors (Lipinski definition) is 3. The van der Waals surface area contributed by atoms with Gasteiger partial charge in [0.2, 0.25) is 0 Å². The van der Waals surface area contributed by atoms with Crippen LogP contribution >= 0.6 is 0 Å². The van der Waals surface area contributed by atoms with E-state index in [1.54, 1.807) is 24.5 Å². The van der Waals surface area contributed by atoms with Gasteiger partial charge >= 0.3 is 6.03 Å². The van der Waals surface area contributed by atoms with Gasteiger partial charge in [0.1, 0.15) is 23.3 Å². The minimum Gasteiger partial charge on any atom is -0.334 e. The molecule has 33 heavy (non-hydrogen) atoms. The van der Waals surface area contributed by atoms with E-state index in [2.05, 4.69) is 15.6 Å². The number of amides is 2. The van der Waals surface area contributed by atoms with E-state index in [0.717, 1.165) is 22.9 Å². The lowest BCUT2D eigenvalue weighted by molar-refractivity contribution is 0.251. The first-order valence-electron chi connectivity index (χ1n) is 9.81. The number of carbonyl (C=O) groups excluding carboxylic acids is 1. The van der Waals surface area contributed by atoms with Gasteiger partial charge in [0.05, 0.1) is 5.69 Å². The van der Waals surface area contributed by atoms with Gasteiger partial charge in [-0.05, 0) is 47.5 Å². The largest absolute Gasteiger partial charge is 0.334 e. The molecule has 0 aliphatic heterocycles. The molecule has 9 heteroatoms. The van der Waals surface area contributed by atoms with Gasteiger partial charge in [0.25, 0.3) is 0 Å². The molecule has 0 aliphatic carbocycles. The summed E-state index contributed by atoms with van der Waals surface area (Å²) >= 11 is 0. The molecule has 0 saturated carbocycles. The molecule has 4 rings (SSSR count). The number of nitrogens with two attached hydrogens (primary N) is 1. The number of carbonyl (C=O) groups is 1. The number of halogens is 4. The van der Waals surface area contributed by atoms with Crippen LogP contribution in [0.15, 0.2) is 73.1 Å². The van der Waals surface area contributed by atoms with Crippen LogP contribution in [0.4, 0.5) is 28.0 Å². The third-order valence-corrected chi connectivity index (χ3v) is 4.46.